The van der Waals surface area contributed by atoms with Crippen molar-refractivity contribution in [2.24, 2.45) is 11.8 Å². The van der Waals surface area contributed by atoms with Crippen LogP contribution in [0.1, 0.15) is 19.3 Å². The van der Waals surface area contributed by atoms with Gasteiger partial charge < -0.3 is 10.4 Å². The molecule has 2 aliphatic carbocycles. The number of rotatable bonds is 3. The molecule has 76 valence electrons. The van der Waals surface area contributed by atoms with Crippen molar-refractivity contribution >= 4 is 11.9 Å². The minimum atomic E-state index is -0.855. The molecule has 0 heterocycles. The second-order valence-electron chi connectivity index (χ2n) is 3.91. The van der Waals surface area contributed by atoms with E-state index in [1.807, 2.05) is 12.2 Å². The molecule has 0 aromatic carbocycles. The number of carboxylic acid groups (broad SMARTS) is 1. The van der Waals surface area contributed by atoms with Gasteiger partial charge in [-0.3, -0.25) is 9.59 Å². The average molecular weight is 195 g/mol. The normalized spacial score (nSPS) is 34.1. The molecule has 0 radical (unpaired) electrons. The van der Waals surface area contributed by atoms with Crippen LogP contribution in [0.5, 0.6) is 0 Å². The van der Waals surface area contributed by atoms with Gasteiger partial charge in [0.15, 0.2) is 0 Å². The monoisotopic (exact) mass is 195 g/mol. The molecule has 0 aromatic heterocycles. The predicted molar refractivity (Wildman–Crippen MR) is 49.5 cm³/mol. The first kappa shape index (κ1) is 9.24. The number of hydrogen-bond donors (Lipinski definition) is 2. The summed E-state index contributed by atoms with van der Waals surface area (Å²) in [6, 6.07) is 0.123. The van der Waals surface area contributed by atoms with Crippen LogP contribution >= 0.6 is 0 Å². The average Bonchev–Trinajstić information content (AvgIpc) is 2.80. The first-order valence-electron chi connectivity index (χ1n) is 4.88. The first-order valence-corrected chi connectivity index (χ1v) is 4.88. The zero-order valence-corrected chi connectivity index (χ0v) is 7.77. The number of nitrogens with one attached hydrogen (secondary N) is 1. The summed E-state index contributed by atoms with van der Waals surface area (Å²) in [5, 5.41) is 11.5. The van der Waals surface area contributed by atoms with Crippen LogP contribution in [0, 0.1) is 11.8 Å². The first-order chi connectivity index (χ1) is 6.68. The van der Waals surface area contributed by atoms with Gasteiger partial charge in [-0.15, -0.1) is 0 Å². The summed E-state index contributed by atoms with van der Waals surface area (Å²) in [6.45, 7) is 0. The number of aliphatic carboxylic acids is 1. The maximum Gasteiger partial charge on any atom is 0.307 e. The van der Waals surface area contributed by atoms with E-state index in [2.05, 4.69) is 5.32 Å². The second-order valence-corrected chi connectivity index (χ2v) is 3.91. The number of allylic oxidation sites excluding steroid dienone is 1. The molecule has 1 saturated carbocycles. The highest BCUT2D eigenvalue weighted by Gasteiger charge is 2.48. The zero-order valence-electron chi connectivity index (χ0n) is 7.77. The molecule has 0 saturated heterocycles. The van der Waals surface area contributed by atoms with Crippen LogP contribution in [0.4, 0.5) is 0 Å². The maximum atomic E-state index is 11.5. The van der Waals surface area contributed by atoms with Crippen LogP contribution in [0.2, 0.25) is 0 Å². The minimum Gasteiger partial charge on any atom is -0.481 e. The quantitative estimate of drug-likeness (QED) is 0.646. The van der Waals surface area contributed by atoms with Gasteiger partial charge in [-0.1, -0.05) is 12.2 Å². The van der Waals surface area contributed by atoms with E-state index < -0.39 is 11.9 Å². The van der Waals surface area contributed by atoms with Crippen molar-refractivity contribution < 1.29 is 14.7 Å². The molecule has 0 bridgehead atoms. The van der Waals surface area contributed by atoms with Gasteiger partial charge in [-0.05, 0) is 19.3 Å². The van der Waals surface area contributed by atoms with Crippen molar-refractivity contribution in [2.45, 2.75) is 25.3 Å². The third-order valence-electron chi connectivity index (χ3n) is 2.78. The van der Waals surface area contributed by atoms with Crippen molar-refractivity contribution in [2.75, 3.05) is 0 Å². The summed E-state index contributed by atoms with van der Waals surface area (Å²) >= 11 is 0. The molecule has 4 nitrogen and oxygen atoms in total. The minimum absolute atomic E-state index is 0.103. The summed E-state index contributed by atoms with van der Waals surface area (Å²) in [4.78, 5) is 22.0. The van der Waals surface area contributed by atoms with Crippen LogP contribution in [0.25, 0.3) is 0 Å². The topological polar surface area (TPSA) is 66.4 Å². The Morgan fingerprint density at radius 1 is 1.36 bits per heavy atom. The molecular weight excluding hydrogens is 182 g/mol. The van der Waals surface area contributed by atoms with Crippen molar-refractivity contribution in [3.8, 4) is 0 Å². The number of carbonyl (C=O) groups is 2. The molecule has 2 rings (SSSR count). The zero-order chi connectivity index (χ0) is 10.1. The van der Waals surface area contributed by atoms with E-state index in [1.165, 1.54) is 0 Å². The Morgan fingerprint density at radius 2 is 2.14 bits per heavy atom. The number of amides is 1. The summed E-state index contributed by atoms with van der Waals surface area (Å²) in [5.74, 6) is -1.69. The molecule has 0 aromatic rings. The van der Waals surface area contributed by atoms with Crippen molar-refractivity contribution in [1.29, 1.82) is 0 Å². The molecule has 3 unspecified atom stereocenters. The van der Waals surface area contributed by atoms with Crippen LogP contribution in [0.3, 0.4) is 0 Å². The van der Waals surface area contributed by atoms with E-state index in [4.69, 9.17) is 5.11 Å². The molecule has 4 heteroatoms. The van der Waals surface area contributed by atoms with Gasteiger partial charge in [-0.2, -0.15) is 0 Å². The predicted octanol–water partition coefficient (Wildman–Crippen LogP) is 0.542. The van der Waals surface area contributed by atoms with Crippen LogP contribution < -0.4 is 5.32 Å². The Kier molecular flexibility index (Phi) is 2.27. The standard InChI is InChI=1S/C10H13NO3/c12-9(7-5-8(7)10(13)14)11-6-3-1-2-4-6/h1,3,6-8H,2,4-5H2,(H,11,12)(H,13,14). The molecular formula is C10H13NO3. The van der Waals surface area contributed by atoms with Crippen molar-refractivity contribution in [1.82, 2.24) is 5.32 Å². The summed E-state index contributed by atoms with van der Waals surface area (Å²) in [7, 11) is 0. The number of carbonyl (C=O) groups excluding carboxylic acids is 1. The lowest BCUT2D eigenvalue weighted by atomic mass is 10.2. The van der Waals surface area contributed by atoms with Gasteiger partial charge in [-0.25, -0.2) is 0 Å². The second kappa shape index (κ2) is 3.44. The molecule has 1 fully saturated rings. The van der Waals surface area contributed by atoms with E-state index >= 15 is 0 Å². The van der Waals surface area contributed by atoms with Crippen LogP contribution in [-0.4, -0.2) is 23.0 Å². The van der Waals surface area contributed by atoms with Crippen molar-refractivity contribution in [3.63, 3.8) is 0 Å². The molecule has 2 N–H and O–H groups in total. The Hall–Kier alpha value is -1.32. The number of hydrogen-bond acceptors (Lipinski definition) is 2. The van der Waals surface area contributed by atoms with E-state index in [9.17, 15) is 9.59 Å². The third-order valence-corrected chi connectivity index (χ3v) is 2.78. The Labute approximate surface area is 82.0 Å². The van der Waals surface area contributed by atoms with Gasteiger partial charge in [0.25, 0.3) is 0 Å². The van der Waals surface area contributed by atoms with E-state index in [0.29, 0.717) is 6.42 Å². The lowest BCUT2D eigenvalue weighted by Gasteiger charge is -2.09. The fraction of sp³-hybridized carbons (Fsp3) is 0.600. The molecule has 0 spiro atoms. The summed E-state index contributed by atoms with van der Waals surface area (Å²) < 4.78 is 0. The third kappa shape index (κ3) is 1.78. The maximum absolute atomic E-state index is 11.5. The Bertz CT molecular complexity index is 298. The molecule has 0 aliphatic heterocycles. The largest absolute Gasteiger partial charge is 0.481 e. The van der Waals surface area contributed by atoms with Crippen LogP contribution in [0.15, 0.2) is 12.2 Å². The Balaban J connectivity index is 1.80. The van der Waals surface area contributed by atoms with E-state index in [1.54, 1.807) is 0 Å². The smallest absolute Gasteiger partial charge is 0.307 e. The molecule has 2 aliphatic rings. The van der Waals surface area contributed by atoms with Crippen molar-refractivity contribution in [3.05, 3.63) is 12.2 Å². The van der Waals surface area contributed by atoms with Gasteiger partial charge in [0.2, 0.25) is 5.91 Å². The summed E-state index contributed by atoms with van der Waals surface area (Å²) in [5.41, 5.74) is 0. The van der Waals surface area contributed by atoms with Gasteiger partial charge in [0.1, 0.15) is 0 Å². The SMILES string of the molecule is O=C(O)C1CC1C(=O)NC1C=CCC1. The van der Waals surface area contributed by atoms with E-state index in [-0.39, 0.29) is 17.9 Å². The van der Waals surface area contributed by atoms with Gasteiger partial charge >= 0.3 is 5.97 Å². The lowest BCUT2D eigenvalue weighted by Crippen LogP contribution is -2.33. The number of carboxylic acids is 1. The van der Waals surface area contributed by atoms with Gasteiger partial charge in [0.05, 0.1) is 11.8 Å². The van der Waals surface area contributed by atoms with E-state index in [0.717, 1.165) is 12.8 Å². The highest BCUT2D eigenvalue weighted by atomic mass is 16.4. The molecule has 1 amide bonds. The van der Waals surface area contributed by atoms with Crippen LogP contribution in [-0.2, 0) is 9.59 Å². The molecule has 3 atom stereocenters. The van der Waals surface area contributed by atoms with Gasteiger partial charge in [0, 0.05) is 6.04 Å². The highest BCUT2D eigenvalue weighted by Crippen LogP contribution is 2.38. The highest BCUT2D eigenvalue weighted by molar-refractivity contribution is 5.89. The summed E-state index contributed by atoms with van der Waals surface area (Å²) in [6.07, 6.45) is 6.44. The lowest BCUT2D eigenvalue weighted by molar-refractivity contribution is -0.140. The Morgan fingerprint density at radius 3 is 2.64 bits per heavy atom. The molecule has 14 heavy (non-hydrogen) atoms. The fourth-order valence-electron chi connectivity index (χ4n) is 1.80. The fourth-order valence-corrected chi connectivity index (χ4v) is 1.80.